The Morgan fingerprint density at radius 2 is 2.00 bits per heavy atom. The first-order valence-electron chi connectivity index (χ1n) is 6.16. The number of carbonyl (C=O) groups is 1. The van der Waals surface area contributed by atoms with Gasteiger partial charge in [-0.05, 0) is 19.3 Å². The lowest BCUT2D eigenvalue weighted by molar-refractivity contribution is -0.119. The van der Waals surface area contributed by atoms with Gasteiger partial charge in [0.2, 0.25) is 5.91 Å². The number of nitrogens with one attached hydrogen (secondary N) is 1. The maximum atomic E-state index is 12.1. The maximum Gasteiger partial charge on any atom is 0.287 e. The van der Waals surface area contributed by atoms with Crippen LogP contribution in [0, 0.1) is 5.25 Å². The van der Waals surface area contributed by atoms with E-state index in [0.29, 0.717) is 12.0 Å². The van der Waals surface area contributed by atoms with E-state index < -0.39 is 28.6 Å². The second kappa shape index (κ2) is 7.25. The number of hydrogen-bond acceptors (Lipinski definition) is 3. The van der Waals surface area contributed by atoms with Crippen molar-refractivity contribution in [3.05, 3.63) is 41.7 Å². The van der Waals surface area contributed by atoms with Crippen LogP contribution in [0.4, 0.5) is 4.39 Å². The number of hydrogen-bond donors (Lipinski definition) is 2. The summed E-state index contributed by atoms with van der Waals surface area (Å²) in [6, 6.07) is -1.04. The first-order chi connectivity index (χ1) is 9.36. The standard InChI is InChI=1S/C13H17FN2O3S/c1-10-5-7-11(8-6-10)20(18,19)16-12(13(15)17)4-2-3-9-14/h5-8,12,16H,1-4,9H2,(H-,15,17)/p+1. The summed E-state index contributed by atoms with van der Waals surface area (Å²) < 4.78 is 38.4. The molecule has 5 nitrogen and oxygen atoms in total. The summed E-state index contributed by atoms with van der Waals surface area (Å²) in [5.41, 5.74) is 5.84. The molecule has 3 N–H and O–H groups in total. The van der Waals surface area contributed by atoms with Gasteiger partial charge in [0.1, 0.15) is 6.04 Å². The van der Waals surface area contributed by atoms with Crippen LogP contribution < -0.4 is 10.5 Å². The van der Waals surface area contributed by atoms with Crippen molar-refractivity contribution in [1.82, 2.24) is 4.72 Å². The van der Waals surface area contributed by atoms with Crippen LogP contribution >= 0.6 is 0 Å². The molecule has 0 saturated carbocycles. The molecule has 1 aliphatic rings. The summed E-state index contributed by atoms with van der Waals surface area (Å²) in [5, 5.41) is 0.0293. The summed E-state index contributed by atoms with van der Waals surface area (Å²) in [5.74, 6) is -0.777. The maximum absolute atomic E-state index is 12.1. The zero-order valence-corrected chi connectivity index (χ0v) is 11.8. The van der Waals surface area contributed by atoms with Gasteiger partial charge >= 0.3 is 0 Å². The summed E-state index contributed by atoms with van der Waals surface area (Å²) in [6.45, 7) is 3.15. The molecule has 0 aromatic rings. The van der Waals surface area contributed by atoms with Crippen LogP contribution in [0.1, 0.15) is 19.3 Å². The Balaban J connectivity index is 2.71. The summed E-state index contributed by atoms with van der Waals surface area (Å²) in [4.78, 5) is 11.2. The second-order valence-corrected chi connectivity index (χ2v) is 6.12. The van der Waals surface area contributed by atoms with E-state index in [1.165, 1.54) is 12.2 Å². The number of halogens is 1. The normalized spacial score (nSPS) is 16.4. The third kappa shape index (κ3) is 4.82. The van der Waals surface area contributed by atoms with Crippen LogP contribution in [0.5, 0.6) is 0 Å². The molecule has 1 amide bonds. The second-order valence-electron chi connectivity index (χ2n) is 4.40. The van der Waals surface area contributed by atoms with E-state index in [-0.39, 0.29) is 18.1 Å². The van der Waals surface area contributed by atoms with Gasteiger partial charge in [0, 0.05) is 12.2 Å². The van der Waals surface area contributed by atoms with Gasteiger partial charge in [-0.15, -0.1) is 0 Å². The van der Waals surface area contributed by atoms with Crippen molar-refractivity contribution < 1.29 is 17.6 Å². The number of allylic oxidation sites excluding steroid dienone is 3. The molecule has 7 heteroatoms. The van der Waals surface area contributed by atoms with E-state index in [1.807, 2.05) is 0 Å². The third-order valence-electron chi connectivity index (χ3n) is 2.75. The monoisotopic (exact) mass is 301 g/mol. The summed E-state index contributed by atoms with van der Waals surface area (Å²) in [7, 11) is -3.83. The van der Waals surface area contributed by atoms with Crippen LogP contribution in [-0.2, 0) is 14.8 Å². The minimum Gasteiger partial charge on any atom is -0.368 e. The van der Waals surface area contributed by atoms with Gasteiger partial charge in [-0.3, -0.25) is 9.18 Å². The Morgan fingerprint density at radius 1 is 1.40 bits per heavy atom. The molecule has 1 rings (SSSR count). The van der Waals surface area contributed by atoms with E-state index in [1.54, 1.807) is 12.2 Å². The highest BCUT2D eigenvalue weighted by molar-refractivity contribution is 7.92. The van der Waals surface area contributed by atoms with Crippen molar-refractivity contribution in [2.45, 2.75) is 25.3 Å². The predicted octanol–water partition coefficient (Wildman–Crippen LogP) is 1.11. The van der Waals surface area contributed by atoms with Crippen molar-refractivity contribution in [3.8, 4) is 0 Å². The van der Waals surface area contributed by atoms with Crippen molar-refractivity contribution in [1.29, 1.82) is 0 Å². The fraction of sp³-hybridized carbons (Fsp3) is 0.385. The molecule has 110 valence electrons. The molecule has 0 aliphatic heterocycles. The number of unbranched alkanes of at least 4 members (excludes halogenated alkanes) is 1. The van der Waals surface area contributed by atoms with Crippen LogP contribution in [0.15, 0.2) is 36.5 Å². The topological polar surface area (TPSA) is 89.3 Å². The predicted molar refractivity (Wildman–Crippen MR) is 75.5 cm³/mol. The highest BCUT2D eigenvalue weighted by Gasteiger charge is 2.32. The lowest BCUT2D eigenvalue weighted by atomic mass is 10.1. The van der Waals surface area contributed by atoms with E-state index in [9.17, 15) is 17.6 Å². The zero-order valence-electron chi connectivity index (χ0n) is 11.0. The lowest BCUT2D eigenvalue weighted by Crippen LogP contribution is -2.45. The number of sulfonamides is 1. The first kappa shape index (κ1) is 16.5. The molecule has 0 bridgehead atoms. The number of nitrogens with two attached hydrogens (primary N) is 1. The number of rotatable bonds is 8. The quantitative estimate of drug-likeness (QED) is 0.520. The molecule has 0 saturated heterocycles. The zero-order chi connectivity index (χ0) is 15.2. The van der Waals surface area contributed by atoms with Crippen LogP contribution in [0.3, 0.4) is 0 Å². The van der Waals surface area contributed by atoms with E-state index in [4.69, 9.17) is 5.73 Å². The van der Waals surface area contributed by atoms with E-state index in [2.05, 4.69) is 11.3 Å². The van der Waals surface area contributed by atoms with Gasteiger partial charge in [0.05, 0.1) is 24.4 Å². The van der Waals surface area contributed by atoms with E-state index in [0.717, 1.165) is 0 Å². The lowest BCUT2D eigenvalue weighted by Gasteiger charge is -2.15. The van der Waals surface area contributed by atoms with Crippen LogP contribution in [0.25, 0.3) is 0 Å². The molecular formula is C13H18FN2O3S+. The average Bonchev–Trinajstić information content (AvgIpc) is 2.38. The van der Waals surface area contributed by atoms with Crippen molar-refractivity contribution in [3.63, 3.8) is 0 Å². The van der Waals surface area contributed by atoms with Crippen LogP contribution in [0.2, 0.25) is 0 Å². The Hall–Kier alpha value is -1.60. The molecule has 20 heavy (non-hydrogen) atoms. The number of alkyl halides is 1. The number of carbonyl (C=O) groups excluding carboxylic acids is 1. The third-order valence-corrected chi connectivity index (χ3v) is 4.24. The van der Waals surface area contributed by atoms with Crippen molar-refractivity contribution >= 4 is 15.9 Å². The molecule has 1 unspecified atom stereocenters. The largest absolute Gasteiger partial charge is 0.368 e. The smallest absolute Gasteiger partial charge is 0.287 e. The molecular weight excluding hydrogens is 283 g/mol. The van der Waals surface area contributed by atoms with Gasteiger partial charge < -0.3 is 5.73 Å². The van der Waals surface area contributed by atoms with Crippen molar-refractivity contribution in [2.24, 2.45) is 5.73 Å². The fourth-order valence-corrected chi connectivity index (χ4v) is 2.87. The minimum atomic E-state index is -3.83. The fourth-order valence-electron chi connectivity index (χ4n) is 1.63. The molecule has 0 radical (unpaired) electrons. The van der Waals surface area contributed by atoms with Gasteiger partial charge in [-0.25, -0.2) is 0 Å². The average molecular weight is 301 g/mol. The van der Waals surface area contributed by atoms with Gasteiger partial charge in [-0.2, -0.15) is 13.1 Å². The molecule has 0 fully saturated rings. The Bertz CT molecular complexity index is 510. The highest BCUT2D eigenvalue weighted by atomic mass is 32.2. The van der Waals surface area contributed by atoms with Crippen molar-refractivity contribution in [2.75, 3.05) is 6.67 Å². The van der Waals surface area contributed by atoms with Crippen LogP contribution in [-0.4, -0.2) is 27.0 Å². The van der Waals surface area contributed by atoms with Gasteiger partial charge in [0.15, 0.2) is 5.25 Å². The molecule has 0 aromatic heterocycles. The highest BCUT2D eigenvalue weighted by Crippen LogP contribution is 2.20. The van der Waals surface area contributed by atoms with Gasteiger partial charge in [0.25, 0.3) is 10.0 Å². The summed E-state index contributed by atoms with van der Waals surface area (Å²) in [6.07, 6.45) is 6.71. The number of amides is 1. The summed E-state index contributed by atoms with van der Waals surface area (Å²) >= 11 is 0. The van der Waals surface area contributed by atoms with Gasteiger partial charge in [-0.1, -0.05) is 6.58 Å². The molecule has 0 spiro atoms. The van der Waals surface area contributed by atoms with E-state index >= 15 is 0 Å². The number of primary amides is 1. The molecule has 0 heterocycles. The Kier molecular flexibility index (Phi) is 5.97. The SMILES string of the molecule is C=C1C=C[C+](S(=O)(=O)NC(CCCCF)C(N)=O)C=C1. The minimum absolute atomic E-state index is 0.0293. The first-order valence-corrected chi connectivity index (χ1v) is 7.65. The molecule has 1 aliphatic carbocycles. The Labute approximate surface area is 118 Å². The molecule has 0 aromatic carbocycles. The molecule has 1 atom stereocenters. The Morgan fingerprint density at radius 3 is 2.50 bits per heavy atom.